The maximum absolute atomic E-state index is 13.1. The number of rotatable bonds is 4. The number of hydrogen-bond acceptors (Lipinski definition) is 4. The smallest absolute Gasteiger partial charge is 0.246 e. The Kier molecular flexibility index (Phi) is 5.34. The lowest BCUT2D eigenvalue weighted by Gasteiger charge is -2.45. The van der Waals surface area contributed by atoms with Crippen LogP contribution in [0.4, 0.5) is 0 Å². The average molecular weight is 435 g/mol. The first kappa shape index (κ1) is 20.0. The lowest BCUT2D eigenvalue weighted by molar-refractivity contribution is -0.153. The Morgan fingerprint density at radius 1 is 1.03 bits per heavy atom. The Morgan fingerprint density at radius 2 is 1.84 bits per heavy atom. The molecule has 158 valence electrons. The van der Waals surface area contributed by atoms with Crippen molar-refractivity contribution in [2.45, 2.75) is 25.0 Å². The van der Waals surface area contributed by atoms with Crippen molar-refractivity contribution in [1.29, 1.82) is 0 Å². The van der Waals surface area contributed by atoms with Crippen molar-refractivity contribution in [3.8, 4) is 0 Å². The summed E-state index contributed by atoms with van der Waals surface area (Å²) in [6, 6.07) is 16.6. The van der Waals surface area contributed by atoms with Crippen molar-refractivity contribution in [3.05, 3.63) is 76.9 Å². The lowest BCUT2D eigenvalue weighted by atomic mass is 9.98. The molecule has 2 fully saturated rings. The van der Waals surface area contributed by atoms with Crippen LogP contribution in [0.3, 0.4) is 0 Å². The van der Waals surface area contributed by atoms with Gasteiger partial charge in [0, 0.05) is 49.2 Å². The molecular weight excluding hydrogens is 412 g/mol. The molecular formula is C24H23ClN4O2. The highest BCUT2D eigenvalue weighted by Crippen LogP contribution is 2.22. The first-order valence-electron chi connectivity index (χ1n) is 10.5. The number of nitrogens with zero attached hydrogens (tertiary/aromatic N) is 3. The molecule has 6 nitrogen and oxygen atoms in total. The monoisotopic (exact) mass is 434 g/mol. The van der Waals surface area contributed by atoms with Crippen LogP contribution < -0.4 is 5.32 Å². The standard InChI is InChI=1S/C24H23ClN4O2/c25-19-8-6-16(7-9-19)13-20-24(31)29-12-11-28(15-21(29)23(30)27-20)14-18-4-1-3-17-5-2-10-26-22(17)18/h1-10,20-21H,11-15H2,(H,27,30)/t20-,21+/m0/s1. The number of amides is 2. The van der Waals surface area contributed by atoms with Gasteiger partial charge in [-0.25, -0.2) is 0 Å². The number of pyridine rings is 1. The van der Waals surface area contributed by atoms with E-state index in [-0.39, 0.29) is 11.8 Å². The predicted molar refractivity (Wildman–Crippen MR) is 120 cm³/mol. The molecule has 0 spiro atoms. The topological polar surface area (TPSA) is 65.5 Å². The summed E-state index contributed by atoms with van der Waals surface area (Å²) >= 11 is 5.95. The fourth-order valence-electron chi connectivity index (χ4n) is 4.53. The first-order chi connectivity index (χ1) is 15.1. The van der Waals surface area contributed by atoms with E-state index in [9.17, 15) is 9.59 Å². The zero-order valence-corrected chi connectivity index (χ0v) is 17.8. The fourth-order valence-corrected chi connectivity index (χ4v) is 4.66. The van der Waals surface area contributed by atoms with E-state index in [1.54, 1.807) is 23.2 Å². The summed E-state index contributed by atoms with van der Waals surface area (Å²) in [5, 5.41) is 4.70. The molecule has 5 rings (SSSR count). The van der Waals surface area contributed by atoms with E-state index in [4.69, 9.17) is 11.6 Å². The van der Waals surface area contributed by atoms with E-state index < -0.39 is 12.1 Å². The second kappa shape index (κ2) is 8.29. The molecule has 0 unspecified atom stereocenters. The second-order valence-corrected chi connectivity index (χ2v) is 8.60. The molecule has 0 aliphatic carbocycles. The van der Waals surface area contributed by atoms with E-state index in [0.717, 1.165) is 28.6 Å². The van der Waals surface area contributed by atoms with Gasteiger partial charge in [-0.15, -0.1) is 0 Å². The molecule has 1 N–H and O–H groups in total. The van der Waals surface area contributed by atoms with E-state index in [2.05, 4.69) is 33.4 Å². The summed E-state index contributed by atoms with van der Waals surface area (Å²) in [6.07, 6.45) is 2.27. The van der Waals surface area contributed by atoms with Gasteiger partial charge in [-0.3, -0.25) is 19.5 Å². The largest absolute Gasteiger partial charge is 0.342 e. The average Bonchev–Trinajstić information content (AvgIpc) is 2.79. The number of halogens is 1. The Bertz CT molecular complexity index is 1130. The van der Waals surface area contributed by atoms with Crippen LogP contribution in [0.5, 0.6) is 0 Å². The molecule has 2 atom stereocenters. The molecule has 7 heteroatoms. The number of carbonyl (C=O) groups excluding carboxylic acids is 2. The number of hydrogen-bond donors (Lipinski definition) is 1. The van der Waals surface area contributed by atoms with E-state index in [1.807, 2.05) is 24.3 Å². The van der Waals surface area contributed by atoms with Crippen molar-refractivity contribution in [3.63, 3.8) is 0 Å². The number of carbonyl (C=O) groups is 2. The minimum atomic E-state index is -0.529. The maximum atomic E-state index is 13.1. The molecule has 0 saturated carbocycles. The SMILES string of the molecule is O=C1N[C@@H](Cc2ccc(Cl)cc2)C(=O)N2CCN(Cc3cccc4cccnc34)C[C@H]12. The first-order valence-corrected chi connectivity index (χ1v) is 10.9. The van der Waals surface area contributed by atoms with E-state index in [0.29, 0.717) is 31.1 Å². The van der Waals surface area contributed by atoms with Crippen LogP contribution in [-0.2, 0) is 22.6 Å². The number of nitrogens with one attached hydrogen (secondary N) is 1. The minimum absolute atomic E-state index is 0.00831. The third kappa shape index (κ3) is 4.01. The van der Waals surface area contributed by atoms with Crippen LogP contribution in [0.2, 0.25) is 5.02 Å². The van der Waals surface area contributed by atoms with Crippen molar-refractivity contribution in [2.24, 2.45) is 0 Å². The summed E-state index contributed by atoms with van der Waals surface area (Å²) in [4.78, 5) is 34.5. The van der Waals surface area contributed by atoms with Crippen LogP contribution in [0.1, 0.15) is 11.1 Å². The summed E-state index contributed by atoms with van der Waals surface area (Å²) in [5.74, 6) is -0.0923. The van der Waals surface area contributed by atoms with E-state index in [1.165, 1.54) is 0 Å². The number of para-hydroxylation sites is 1. The van der Waals surface area contributed by atoms with Gasteiger partial charge in [0.2, 0.25) is 11.8 Å². The molecule has 2 saturated heterocycles. The van der Waals surface area contributed by atoms with Crippen LogP contribution >= 0.6 is 11.6 Å². The maximum Gasteiger partial charge on any atom is 0.246 e. The van der Waals surface area contributed by atoms with Gasteiger partial charge in [-0.1, -0.05) is 48.0 Å². The molecule has 0 radical (unpaired) electrons. The summed E-state index contributed by atoms with van der Waals surface area (Å²) in [7, 11) is 0. The summed E-state index contributed by atoms with van der Waals surface area (Å²) in [5.41, 5.74) is 3.10. The van der Waals surface area contributed by atoms with E-state index >= 15 is 0 Å². The van der Waals surface area contributed by atoms with Crippen LogP contribution in [-0.4, -0.2) is 58.3 Å². The van der Waals surface area contributed by atoms with Gasteiger partial charge in [-0.05, 0) is 29.3 Å². The van der Waals surface area contributed by atoms with Gasteiger partial charge >= 0.3 is 0 Å². The van der Waals surface area contributed by atoms with Crippen LogP contribution in [0.25, 0.3) is 10.9 Å². The zero-order chi connectivity index (χ0) is 21.4. The Labute approximate surface area is 185 Å². The van der Waals surface area contributed by atoms with Gasteiger partial charge in [0.25, 0.3) is 0 Å². The molecule has 2 amide bonds. The van der Waals surface area contributed by atoms with Gasteiger partial charge in [0.05, 0.1) is 5.52 Å². The van der Waals surface area contributed by atoms with Crippen molar-refractivity contribution < 1.29 is 9.59 Å². The van der Waals surface area contributed by atoms with Gasteiger partial charge < -0.3 is 10.2 Å². The van der Waals surface area contributed by atoms with Gasteiger partial charge in [-0.2, -0.15) is 0 Å². The number of benzene rings is 2. The Balaban J connectivity index is 1.28. The summed E-state index contributed by atoms with van der Waals surface area (Å²) in [6.45, 7) is 2.50. The Hall–Kier alpha value is -2.96. The quantitative estimate of drug-likeness (QED) is 0.685. The molecule has 3 aromatic rings. The highest BCUT2D eigenvalue weighted by molar-refractivity contribution is 6.30. The lowest BCUT2D eigenvalue weighted by Crippen LogP contribution is -2.69. The Morgan fingerprint density at radius 3 is 2.68 bits per heavy atom. The number of piperazine rings is 2. The molecule has 2 aliphatic heterocycles. The molecule has 0 bridgehead atoms. The molecule has 2 aromatic carbocycles. The molecule has 3 heterocycles. The third-order valence-electron chi connectivity index (χ3n) is 6.13. The second-order valence-electron chi connectivity index (χ2n) is 8.17. The van der Waals surface area contributed by atoms with Gasteiger partial charge in [0.1, 0.15) is 12.1 Å². The van der Waals surface area contributed by atoms with Crippen LogP contribution in [0.15, 0.2) is 60.8 Å². The van der Waals surface area contributed by atoms with Crippen molar-refractivity contribution >= 4 is 34.3 Å². The van der Waals surface area contributed by atoms with Gasteiger partial charge in [0.15, 0.2) is 0 Å². The third-order valence-corrected chi connectivity index (χ3v) is 6.38. The van der Waals surface area contributed by atoms with Crippen molar-refractivity contribution in [2.75, 3.05) is 19.6 Å². The number of aromatic nitrogens is 1. The number of fused-ring (bicyclic) bond motifs is 2. The molecule has 31 heavy (non-hydrogen) atoms. The highest BCUT2D eigenvalue weighted by atomic mass is 35.5. The zero-order valence-electron chi connectivity index (χ0n) is 17.0. The predicted octanol–water partition coefficient (Wildman–Crippen LogP) is 2.64. The fraction of sp³-hybridized carbons (Fsp3) is 0.292. The normalized spacial score (nSPS) is 21.8. The molecule has 1 aromatic heterocycles. The molecule has 2 aliphatic rings. The van der Waals surface area contributed by atoms with Crippen molar-refractivity contribution in [1.82, 2.24) is 20.1 Å². The summed E-state index contributed by atoms with van der Waals surface area (Å²) < 4.78 is 0. The minimum Gasteiger partial charge on any atom is -0.342 e. The highest BCUT2D eigenvalue weighted by Gasteiger charge is 2.43. The van der Waals surface area contributed by atoms with Crippen LogP contribution in [0, 0.1) is 0 Å².